The van der Waals surface area contributed by atoms with Crippen LogP contribution in [0.5, 0.6) is 0 Å². The minimum absolute atomic E-state index is 0.0629. The van der Waals surface area contributed by atoms with Gasteiger partial charge in [0.1, 0.15) is 17.5 Å². The molecule has 59 heavy (non-hydrogen) atoms. The maximum Gasteiger partial charge on any atom is 0.256 e. The van der Waals surface area contributed by atoms with Crippen molar-refractivity contribution in [1.82, 2.24) is 43.8 Å². The van der Waals surface area contributed by atoms with Gasteiger partial charge in [-0.2, -0.15) is 0 Å². The monoisotopic (exact) mass is 807 g/mol. The summed E-state index contributed by atoms with van der Waals surface area (Å²) in [6.45, 7) is -0.511. The van der Waals surface area contributed by atoms with Crippen LogP contribution in [0.3, 0.4) is 0 Å². The first-order valence-electron chi connectivity index (χ1n) is 17.9. The van der Waals surface area contributed by atoms with Gasteiger partial charge >= 0.3 is 0 Å². The van der Waals surface area contributed by atoms with Crippen LogP contribution in [-0.2, 0) is 32.7 Å². The number of rotatable bonds is 13. The van der Waals surface area contributed by atoms with Crippen LogP contribution in [0.25, 0.3) is 0 Å². The Bertz CT molecular complexity index is 2770. The molecule has 3 aromatic carbocycles. The van der Waals surface area contributed by atoms with Gasteiger partial charge in [-0.3, -0.25) is 42.5 Å². The minimum Gasteiger partial charge on any atom is -0.346 e. The highest BCUT2D eigenvalue weighted by Crippen LogP contribution is 2.16. The predicted molar refractivity (Wildman–Crippen MR) is 207 cm³/mol. The van der Waals surface area contributed by atoms with Gasteiger partial charge in [0.05, 0.1) is 74.2 Å². The van der Waals surface area contributed by atoms with E-state index >= 15 is 4.39 Å². The lowest BCUT2D eigenvalue weighted by molar-refractivity contribution is 0.0777. The normalized spacial score (nSPS) is 10.9. The number of hydrogen-bond donors (Lipinski definition) is 1. The van der Waals surface area contributed by atoms with Gasteiger partial charge in [-0.15, -0.1) is 0 Å². The minimum atomic E-state index is -0.868. The molecule has 18 heteroatoms. The molecule has 302 valence electrons. The van der Waals surface area contributed by atoms with Crippen LogP contribution in [0.2, 0.25) is 0 Å². The molecule has 3 aromatic heterocycles. The smallest absolute Gasteiger partial charge is 0.256 e. The van der Waals surface area contributed by atoms with Gasteiger partial charge in [0.15, 0.2) is 0 Å². The van der Waals surface area contributed by atoms with Crippen molar-refractivity contribution in [3.05, 3.63) is 191 Å². The Hall–Kier alpha value is -7.50. The highest BCUT2D eigenvalue weighted by Gasteiger charge is 2.19. The lowest BCUT2D eigenvalue weighted by Gasteiger charge is -2.18. The summed E-state index contributed by atoms with van der Waals surface area (Å²) in [5.41, 5.74) is -0.333. The van der Waals surface area contributed by atoms with Crippen LogP contribution >= 0.6 is 0 Å². The van der Waals surface area contributed by atoms with Crippen LogP contribution in [0, 0.1) is 17.5 Å². The molecule has 0 bridgehead atoms. The summed E-state index contributed by atoms with van der Waals surface area (Å²) >= 11 is 0. The average Bonchev–Trinajstić information content (AvgIpc) is 3.20. The van der Waals surface area contributed by atoms with E-state index in [2.05, 4.69) is 20.3 Å². The predicted octanol–water partition coefficient (Wildman–Crippen LogP) is 2.82. The standard InChI is InChI=1S/C41H36F3N9O6/c1-49(2)40(58)27-6-7-28(33(42)14-27)20-53-23-47-29(15-37(53)55)17-46-39(57)31-8-4-25(12-34(31)43)19-52-24-48-30(16-38(52)56)21-50(3)41(59)32-9-5-26(13-35(32)44)18-51-22-45-11-10-36(51)54/h4-16,22-24H,17-21H2,1-3H3,(H,46,57). The van der Waals surface area contributed by atoms with Crippen molar-refractivity contribution >= 4 is 17.7 Å². The van der Waals surface area contributed by atoms with E-state index in [0.717, 1.165) is 28.8 Å². The summed E-state index contributed by atoms with van der Waals surface area (Å²) in [5, 5.41) is 2.51. The van der Waals surface area contributed by atoms with E-state index in [-0.39, 0.29) is 77.8 Å². The average molecular weight is 808 g/mol. The van der Waals surface area contributed by atoms with Crippen molar-refractivity contribution in [2.75, 3.05) is 21.1 Å². The van der Waals surface area contributed by atoms with Crippen molar-refractivity contribution in [1.29, 1.82) is 0 Å². The molecular formula is C41H36F3N9O6. The Morgan fingerprint density at radius 1 is 0.627 bits per heavy atom. The van der Waals surface area contributed by atoms with E-state index in [9.17, 15) is 37.5 Å². The maximum atomic E-state index is 15.1. The maximum absolute atomic E-state index is 15.1. The fourth-order valence-corrected chi connectivity index (χ4v) is 5.95. The van der Waals surface area contributed by atoms with Gasteiger partial charge < -0.3 is 15.1 Å². The molecule has 0 saturated carbocycles. The molecule has 0 radical (unpaired) electrons. The first kappa shape index (κ1) is 41.1. The molecule has 0 unspecified atom stereocenters. The number of nitrogens with zero attached hydrogens (tertiary/aromatic N) is 8. The Labute approximate surface area is 333 Å². The molecule has 15 nitrogen and oxygen atoms in total. The topological polar surface area (TPSA) is 174 Å². The van der Waals surface area contributed by atoms with Gasteiger partial charge in [0.25, 0.3) is 34.4 Å². The molecule has 0 aliphatic carbocycles. The van der Waals surface area contributed by atoms with E-state index in [4.69, 9.17) is 0 Å². The number of hydrogen-bond acceptors (Lipinski definition) is 9. The summed E-state index contributed by atoms with van der Waals surface area (Å²) in [7, 11) is 4.52. The van der Waals surface area contributed by atoms with Crippen LogP contribution in [0.1, 0.15) is 59.2 Å². The number of carbonyl (C=O) groups is 3. The highest BCUT2D eigenvalue weighted by molar-refractivity contribution is 5.95. The Morgan fingerprint density at radius 2 is 1.22 bits per heavy atom. The number of benzene rings is 3. The third-order valence-electron chi connectivity index (χ3n) is 9.14. The fourth-order valence-electron chi connectivity index (χ4n) is 5.95. The quantitative estimate of drug-likeness (QED) is 0.184. The fraction of sp³-hybridized carbons (Fsp3) is 0.195. The van der Waals surface area contributed by atoms with Crippen molar-refractivity contribution < 1.29 is 27.6 Å². The van der Waals surface area contributed by atoms with Crippen LogP contribution in [0.4, 0.5) is 13.2 Å². The molecule has 3 amide bonds. The van der Waals surface area contributed by atoms with Gasteiger partial charge in [-0.25, -0.2) is 28.1 Å². The lowest BCUT2D eigenvalue weighted by atomic mass is 10.1. The number of halogens is 3. The van der Waals surface area contributed by atoms with Crippen molar-refractivity contribution in [3.8, 4) is 0 Å². The molecule has 0 spiro atoms. The molecule has 0 fully saturated rings. The third kappa shape index (κ3) is 9.91. The van der Waals surface area contributed by atoms with Crippen molar-refractivity contribution in [3.63, 3.8) is 0 Å². The van der Waals surface area contributed by atoms with Gasteiger partial charge in [0, 0.05) is 56.7 Å². The first-order valence-corrected chi connectivity index (χ1v) is 17.9. The summed E-state index contributed by atoms with van der Waals surface area (Å²) in [6.07, 6.45) is 5.10. The Morgan fingerprint density at radius 3 is 1.81 bits per heavy atom. The molecule has 0 saturated heterocycles. The molecular weight excluding hydrogens is 772 g/mol. The second kappa shape index (κ2) is 17.7. The Kier molecular flexibility index (Phi) is 12.4. The zero-order valence-corrected chi connectivity index (χ0v) is 31.9. The van der Waals surface area contributed by atoms with Crippen LogP contribution in [0.15, 0.2) is 112 Å². The Balaban J connectivity index is 1.02. The summed E-state index contributed by atoms with van der Waals surface area (Å²) in [4.78, 5) is 90.4. The second-order valence-corrected chi connectivity index (χ2v) is 13.7. The number of carbonyl (C=O) groups excluding carboxylic acids is 3. The lowest BCUT2D eigenvalue weighted by Crippen LogP contribution is -2.29. The van der Waals surface area contributed by atoms with Crippen molar-refractivity contribution in [2.24, 2.45) is 0 Å². The molecule has 3 heterocycles. The summed E-state index contributed by atoms with van der Waals surface area (Å²) in [5.74, 6) is -4.13. The second-order valence-electron chi connectivity index (χ2n) is 13.7. The van der Waals surface area contributed by atoms with Crippen molar-refractivity contribution in [2.45, 2.75) is 32.7 Å². The van der Waals surface area contributed by atoms with Gasteiger partial charge in [-0.1, -0.05) is 18.2 Å². The largest absolute Gasteiger partial charge is 0.346 e. The molecule has 0 aliphatic rings. The molecule has 6 rings (SSSR count). The van der Waals surface area contributed by atoms with E-state index in [1.807, 2.05) is 0 Å². The zero-order valence-electron chi connectivity index (χ0n) is 31.9. The summed E-state index contributed by atoms with van der Waals surface area (Å²) in [6, 6.07) is 15.4. The first-order chi connectivity index (χ1) is 28.2. The SMILES string of the molecule is CN(C)C(=O)c1ccc(Cn2cnc(CNC(=O)c3ccc(Cn4cnc(CN(C)C(=O)c5ccc(Cn6cnccc6=O)cc5F)cc4=O)cc3F)cc2=O)c(F)c1. The number of aromatic nitrogens is 6. The molecule has 1 N–H and O–H groups in total. The van der Waals surface area contributed by atoms with Gasteiger partial charge in [-0.05, 0) is 47.5 Å². The van der Waals surface area contributed by atoms with E-state index < -0.39 is 40.4 Å². The van der Waals surface area contributed by atoms with E-state index in [1.54, 1.807) is 14.1 Å². The number of amides is 3. The van der Waals surface area contributed by atoms with E-state index in [1.165, 1.54) is 99.7 Å². The molecule has 0 aliphatic heterocycles. The third-order valence-corrected chi connectivity index (χ3v) is 9.14. The van der Waals surface area contributed by atoms with Gasteiger partial charge in [0.2, 0.25) is 0 Å². The zero-order chi connectivity index (χ0) is 42.4. The van der Waals surface area contributed by atoms with Crippen LogP contribution < -0.4 is 22.0 Å². The van der Waals surface area contributed by atoms with E-state index in [0.29, 0.717) is 11.1 Å². The molecule has 0 atom stereocenters. The van der Waals surface area contributed by atoms with Crippen LogP contribution in [-0.4, -0.2) is 77.3 Å². The summed E-state index contributed by atoms with van der Waals surface area (Å²) < 4.78 is 48.4. The molecule has 6 aromatic rings. The highest BCUT2D eigenvalue weighted by atomic mass is 19.1. The number of nitrogens with one attached hydrogen (secondary N) is 1.